The molecule has 1 saturated heterocycles. The third kappa shape index (κ3) is 4.90. The lowest BCUT2D eigenvalue weighted by atomic mass is 10.1. The number of nitrogens with one attached hydrogen (secondary N) is 2. The van der Waals surface area contributed by atoms with Gasteiger partial charge in [-0.3, -0.25) is 0 Å². The Kier molecular flexibility index (Phi) is 6.73. The molecule has 0 unspecified atom stereocenters. The number of hydrogen-bond donors (Lipinski definition) is 3. The van der Waals surface area contributed by atoms with Crippen LogP contribution in [0.2, 0.25) is 5.02 Å². The Bertz CT molecular complexity index is 1260. The summed E-state index contributed by atoms with van der Waals surface area (Å²) in [7, 11) is -1.81. The summed E-state index contributed by atoms with van der Waals surface area (Å²) >= 11 is 6.15. The lowest BCUT2D eigenvalue weighted by Gasteiger charge is -2.22. The lowest BCUT2D eigenvalue weighted by Crippen LogP contribution is -2.35. The summed E-state index contributed by atoms with van der Waals surface area (Å²) in [5.41, 5.74) is 8.96. The Balaban J connectivity index is 1.59. The number of ether oxygens (including phenoxy) is 1. The number of sulfone groups is 1. The van der Waals surface area contributed by atoms with Crippen molar-refractivity contribution in [1.82, 2.24) is 15.3 Å². The SMILES string of the molecule is COc1cc(-c2nc(Nc3ccc(S(=O)(=O)C4CCNCC4)cc3)nc(N)c2C)ccc1Cl. The molecule has 4 rings (SSSR count). The van der Waals surface area contributed by atoms with Crippen molar-refractivity contribution in [1.29, 1.82) is 0 Å². The van der Waals surface area contributed by atoms with Crippen LogP contribution in [0.25, 0.3) is 11.3 Å². The second-order valence-corrected chi connectivity index (χ2v) is 10.5. The van der Waals surface area contributed by atoms with Crippen molar-refractivity contribution >= 4 is 38.9 Å². The maximum absolute atomic E-state index is 12.9. The molecular weight excluding hydrogens is 462 g/mol. The van der Waals surface area contributed by atoms with Gasteiger partial charge in [-0.1, -0.05) is 17.7 Å². The van der Waals surface area contributed by atoms with Gasteiger partial charge in [-0.25, -0.2) is 13.4 Å². The second kappa shape index (κ2) is 9.54. The fourth-order valence-corrected chi connectivity index (χ4v) is 5.78. The van der Waals surface area contributed by atoms with Gasteiger partial charge in [-0.05, 0) is 69.3 Å². The van der Waals surface area contributed by atoms with Gasteiger partial charge >= 0.3 is 0 Å². The Hall–Kier alpha value is -2.88. The molecule has 2 aromatic carbocycles. The molecule has 0 amide bonds. The molecular formula is C23H26ClN5O3S. The minimum Gasteiger partial charge on any atom is -0.495 e. The fraction of sp³-hybridized carbons (Fsp3) is 0.304. The molecule has 10 heteroatoms. The van der Waals surface area contributed by atoms with E-state index in [2.05, 4.69) is 20.6 Å². The molecule has 0 spiro atoms. The van der Waals surface area contributed by atoms with Crippen molar-refractivity contribution in [2.45, 2.75) is 29.9 Å². The number of methoxy groups -OCH3 is 1. The quantitative estimate of drug-likeness (QED) is 0.478. The van der Waals surface area contributed by atoms with Gasteiger partial charge in [0.25, 0.3) is 0 Å². The second-order valence-electron chi connectivity index (χ2n) is 7.90. The molecule has 0 bridgehead atoms. The van der Waals surface area contributed by atoms with E-state index in [0.29, 0.717) is 51.7 Å². The van der Waals surface area contributed by atoms with E-state index in [9.17, 15) is 8.42 Å². The zero-order valence-electron chi connectivity index (χ0n) is 18.4. The molecule has 0 aliphatic carbocycles. The number of nitrogens with two attached hydrogens (primary N) is 1. The number of piperidine rings is 1. The monoisotopic (exact) mass is 487 g/mol. The highest BCUT2D eigenvalue weighted by molar-refractivity contribution is 7.92. The number of nitrogens with zero attached hydrogens (tertiary/aromatic N) is 2. The number of halogens is 1. The van der Waals surface area contributed by atoms with Crippen LogP contribution in [0.5, 0.6) is 5.75 Å². The molecule has 3 aromatic rings. The zero-order valence-corrected chi connectivity index (χ0v) is 20.0. The van der Waals surface area contributed by atoms with Crippen LogP contribution in [-0.2, 0) is 9.84 Å². The van der Waals surface area contributed by atoms with E-state index in [-0.39, 0.29) is 5.25 Å². The average Bonchev–Trinajstić information content (AvgIpc) is 2.82. The van der Waals surface area contributed by atoms with E-state index in [1.807, 2.05) is 13.0 Å². The van der Waals surface area contributed by atoms with Gasteiger partial charge in [-0.15, -0.1) is 0 Å². The first kappa shape index (κ1) is 23.3. The van der Waals surface area contributed by atoms with Gasteiger partial charge in [0.1, 0.15) is 11.6 Å². The highest BCUT2D eigenvalue weighted by Crippen LogP contribution is 2.33. The van der Waals surface area contributed by atoms with Crippen LogP contribution in [0.3, 0.4) is 0 Å². The van der Waals surface area contributed by atoms with Gasteiger partial charge in [-0.2, -0.15) is 4.98 Å². The van der Waals surface area contributed by atoms with Crippen molar-refractivity contribution in [3.8, 4) is 17.0 Å². The minimum atomic E-state index is -3.36. The van der Waals surface area contributed by atoms with Crippen molar-refractivity contribution in [3.63, 3.8) is 0 Å². The number of aromatic nitrogens is 2. The summed E-state index contributed by atoms with van der Waals surface area (Å²) < 4.78 is 31.1. The highest BCUT2D eigenvalue weighted by atomic mass is 35.5. The molecule has 33 heavy (non-hydrogen) atoms. The normalized spacial score (nSPS) is 14.8. The minimum absolute atomic E-state index is 0.302. The number of rotatable bonds is 6. The van der Waals surface area contributed by atoms with Crippen LogP contribution in [-0.4, -0.2) is 43.8 Å². The largest absolute Gasteiger partial charge is 0.495 e. The number of hydrogen-bond acceptors (Lipinski definition) is 8. The Morgan fingerprint density at radius 3 is 2.48 bits per heavy atom. The Morgan fingerprint density at radius 2 is 1.82 bits per heavy atom. The van der Waals surface area contributed by atoms with Crippen LogP contribution < -0.4 is 21.1 Å². The summed E-state index contributed by atoms with van der Waals surface area (Å²) in [4.78, 5) is 9.27. The molecule has 2 heterocycles. The van der Waals surface area contributed by atoms with Crippen LogP contribution in [0.1, 0.15) is 18.4 Å². The van der Waals surface area contributed by atoms with E-state index < -0.39 is 9.84 Å². The predicted molar refractivity (Wildman–Crippen MR) is 131 cm³/mol. The topological polar surface area (TPSA) is 119 Å². The lowest BCUT2D eigenvalue weighted by molar-refractivity contribution is 0.415. The summed E-state index contributed by atoms with van der Waals surface area (Å²) in [6.45, 7) is 3.28. The molecule has 4 N–H and O–H groups in total. The molecule has 1 fully saturated rings. The first-order valence-electron chi connectivity index (χ1n) is 10.6. The third-order valence-electron chi connectivity index (χ3n) is 5.77. The number of nitrogen functional groups attached to an aromatic ring is 1. The van der Waals surface area contributed by atoms with Gasteiger partial charge < -0.3 is 21.1 Å². The van der Waals surface area contributed by atoms with Crippen molar-refractivity contribution < 1.29 is 13.2 Å². The van der Waals surface area contributed by atoms with E-state index in [1.54, 1.807) is 43.5 Å². The molecule has 0 radical (unpaired) electrons. The third-order valence-corrected chi connectivity index (χ3v) is 8.36. The zero-order chi connectivity index (χ0) is 23.6. The maximum Gasteiger partial charge on any atom is 0.229 e. The molecule has 0 atom stereocenters. The van der Waals surface area contributed by atoms with Gasteiger partial charge in [0, 0.05) is 16.8 Å². The Labute approximate surface area is 198 Å². The molecule has 1 aromatic heterocycles. The predicted octanol–water partition coefficient (Wildman–Crippen LogP) is 3.97. The van der Waals surface area contributed by atoms with Crippen molar-refractivity contribution in [3.05, 3.63) is 53.1 Å². The molecule has 174 valence electrons. The van der Waals surface area contributed by atoms with Crippen LogP contribution in [0.4, 0.5) is 17.5 Å². The fourth-order valence-electron chi connectivity index (χ4n) is 3.83. The molecule has 1 aliphatic rings. The van der Waals surface area contributed by atoms with E-state index in [4.69, 9.17) is 22.1 Å². The van der Waals surface area contributed by atoms with Gasteiger partial charge in [0.2, 0.25) is 5.95 Å². The van der Waals surface area contributed by atoms with Crippen LogP contribution in [0, 0.1) is 6.92 Å². The van der Waals surface area contributed by atoms with Crippen LogP contribution >= 0.6 is 11.6 Å². The molecule has 1 aliphatic heterocycles. The smallest absolute Gasteiger partial charge is 0.229 e. The number of anilines is 3. The summed E-state index contributed by atoms with van der Waals surface area (Å²) in [6, 6.07) is 12.0. The number of benzene rings is 2. The van der Waals surface area contributed by atoms with Gasteiger partial charge in [0.05, 0.1) is 28.0 Å². The van der Waals surface area contributed by atoms with E-state index in [0.717, 1.165) is 24.2 Å². The van der Waals surface area contributed by atoms with Gasteiger partial charge in [0.15, 0.2) is 9.84 Å². The van der Waals surface area contributed by atoms with E-state index in [1.165, 1.54) is 0 Å². The standard InChI is InChI=1S/C23H26ClN5O3S/c1-14-21(15-3-8-19(24)20(13-15)32-2)28-23(29-22(14)25)27-16-4-6-17(7-5-16)33(30,31)18-9-11-26-12-10-18/h3-8,13,18,26H,9-12H2,1-2H3,(H3,25,27,28,29). The first-order valence-corrected chi connectivity index (χ1v) is 12.5. The maximum atomic E-state index is 12.9. The summed E-state index contributed by atoms with van der Waals surface area (Å²) in [5.74, 6) is 1.17. The highest BCUT2D eigenvalue weighted by Gasteiger charge is 2.28. The van der Waals surface area contributed by atoms with Crippen LogP contribution in [0.15, 0.2) is 47.4 Å². The summed E-state index contributed by atoms with van der Waals surface area (Å²) in [6.07, 6.45) is 1.24. The Morgan fingerprint density at radius 1 is 1.12 bits per heavy atom. The first-order chi connectivity index (χ1) is 15.8. The average molecular weight is 488 g/mol. The molecule has 8 nitrogen and oxygen atoms in total. The molecule has 0 saturated carbocycles. The summed E-state index contributed by atoms with van der Waals surface area (Å²) in [5, 5.41) is 6.46. The van der Waals surface area contributed by atoms with E-state index >= 15 is 0 Å². The van der Waals surface area contributed by atoms with Crippen molar-refractivity contribution in [2.75, 3.05) is 31.2 Å². The van der Waals surface area contributed by atoms with Crippen molar-refractivity contribution in [2.24, 2.45) is 0 Å².